The molecule has 37 heavy (non-hydrogen) atoms. The van der Waals surface area contributed by atoms with Gasteiger partial charge in [0.25, 0.3) is 0 Å². The van der Waals surface area contributed by atoms with Crippen LogP contribution in [0, 0.1) is 28.6 Å². The van der Waals surface area contributed by atoms with Crippen LogP contribution in [-0.4, -0.2) is 64.7 Å². The Morgan fingerprint density at radius 3 is 2.54 bits per heavy atom. The molecule has 0 bridgehead atoms. The number of carbonyl (C=O) groups excluding carboxylic acids is 3. The summed E-state index contributed by atoms with van der Waals surface area (Å²) in [6, 6.07) is 0. The predicted molar refractivity (Wildman–Crippen MR) is 130 cm³/mol. The molecule has 4 aliphatic carbocycles. The maximum Gasteiger partial charge on any atom is 0.509 e. The van der Waals surface area contributed by atoms with Gasteiger partial charge in [-0.1, -0.05) is 39.7 Å². The van der Waals surface area contributed by atoms with Gasteiger partial charge in [0.05, 0.1) is 12.7 Å². The monoisotopic (exact) mass is 524 g/mol. The molecule has 9 atom stereocenters. The van der Waals surface area contributed by atoms with Crippen LogP contribution in [0.1, 0.15) is 66.2 Å². The number of rotatable bonds is 7. The van der Waals surface area contributed by atoms with Gasteiger partial charge >= 0.3 is 6.16 Å². The molecule has 0 aromatic heterocycles. The second-order valence-electron chi connectivity index (χ2n) is 11.7. The first-order valence-electron chi connectivity index (χ1n) is 13.3. The highest BCUT2D eigenvalue weighted by molar-refractivity contribution is 6.01. The van der Waals surface area contributed by atoms with Crippen molar-refractivity contribution in [3.8, 4) is 0 Å². The van der Waals surface area contributed by atoms with Crippen LogP contribution in [0.25, 0.3) is 0 Å². The van der Waals surface area contributed by atoms with Crippen molar-refractivity contribution in [2.45, 2.75) is 89.8 Å². The Bertz CT molecular complexity index is 1030. The number of alkyl halides is 2. The molecule has 3 fully saturated rings. The minimum Gasteiger partial charge on any atom is -0.434 e. The van der Waals surface area contributed by atoms with E-state index in [0.29, 0.717) is 6.42 Å². The van der Waals surface area contributed by atoms with Gasteiger partial charge in [-0.05, 0) is 56.3 Å². The fourth-order valence-electron chi connectivity index (χ4n) is 8.18. The number of fused-ring (bicyclic) bond motifs is 5. The molecular formula is C28H38F2O7. The van der Waals surface area contributed by atoms with E-state index in [1.165, 1.54) is 19.1 Å². The maximum absolute atomic E-state index is 17.3. The van der Waals surface area contributed by atoms with E-state index in [0.717, 1.165) is 18.9 Å². The summed E-state index contributed by atoms with van der Waals surface area (Å²) in [5.41, 5.74) is -7.03. The second kappa shape index (κ2) is 9.56. The largest absolute Gasteiger partial charge is 0.509 e. The molecule has 4 aliphatic rings. The van der Waals surface area contributed by atoms with Crippen molar-refractivity contribution in [3.63, 3.8) is 0 Å². The molecule has 0 aliphatic heterocycles. The third-order valence-corrected chi connectivity index (χ3v) is 9.94. The first-order chi connectivity index (χ1) is 17.3. The van der Waals surface area contributed by atoms with Crippen molar-refractivity contribution < 1.29 is 42.9 Å². The Hall–Kier alpha value is -2.13. The van der Waals surface area contributed by atoms with Crippen molar-refractivity contribution in [3.05, 3.63) is 23.8 Å². The molecule has 0 heterocycles. The zero-order valence-corrected chi connectivity index (χ0v) is 22.0. The smallest absolute Gasteiger partial charge is 0.434 e. The van der Waals surface area contributed by atoms with E-state index in [1.54, 1.807) is 13.8 Å². The van der Waals surface area contributed by atoms with Crippen LogP contribution in [0.3, 0.4) is 0 Å². The lowest BCUT2D eigenvalue weighted by Gasteiger charge is -2.63. The van der Waals surface area contributed by atoms with E-state index in [4.69, 9.17) is 9.47 Å². The van der Waals surface area contributed by atoms with Crippen LogP contribution in [-0.2, 0) is 19.1 Å². The highest BCUT2D eigenvalue weighted by Gasteiger charge is 2.78. The lowest BCUT2D eigenvalue weighted by molar-refractivity contribution is -0.226. The van der Waals surface area contributed by atoms with E-state index < -0.39 is 76.5 Å². The van der Waals surface area contributed by atoms with Gasteiger partial charge in [0, 0.05) is 22.7 Å². The molecule has 0 saturated heterocycles. The average molecular weight is 525 g/mol. The zero-order valence-electron chi connectivity index (χ0n) is 22.0. The molecule has 0 spiro atoms. The molecule has 2 N–H and O–H groups in total. The number of carbonyl (C=O) groups is 3. The van der Waals surface area contributed by atoms with Crippen molar-refractivity contribution >= 4 is 17.7 Å². The Balaban J connectivity index is 1.75. The summed E-state index contributed by atoms with van der Waals surface area (Å²) in [4.78, 5) is 38.1. The second-order valence-corrected chi connectivity index (χ2v) is 11.7. The lowest BCUT2D eigenvalue weighted by Crippen LogP contribution is -2.71. The van der Waals surface area contributed by atoms with Gasteiger partial charge in [-0.2, -0.15) is 0 Å². The van der Waals surface area contributed by atoms with Crippen molar-refractivity contribution in [1.29, 1.82) is 0 Å². The highest BCUT2D eigenvalue weighted by atomic mass is 19.1. The van der Waals surface area contributed by atoms with E-state index in [2.05, 4.69) is 0 Å². The fourth-order valence-corrected chi connectivity index (χ4v) is 8.18. The molecule has 9 heteroatoms. The highest BCUT2D eigenvalue weighted by Crippen LogP contribution is 2.71. The van der Waals surface area contributed by atoms with Crippen LogP contribution < -0.4 is 0 Å². The van der Waals surface area contributed by atoms with E-state index >= 15 is 8.78 Å². The predicted octanol–water partition coefficient (Wildman–Crippen LogP) is 4.19. The number of halogens is 2. The SMILES string of the molecule is CCCCCOC(=O)O[C@]1(C(=O)CO)[C@H](C)C[C@H]2[C@@H]3C[C@H](F)C4=CC(=O)C=C[C@]4(C)[C@@]3(F)[C@@H](O)C[C@@]21C. The van der Waals surface area contributed by atoms with Gasteiger partial charge in [0.15, 0.2) is 17.1 Å². The minimum atomic E-state index is -2.32. The molecule has 206 valence electrons. The van der Waals surface area contributed by atoms with E-state index in [9.17, 15) is 24.6 Å². The molecule has 4 rings (SSSR count). The summed E-state index contributed by atoms with van der Waals surface area (Å²) in [5.74, 6) is -3.51. The third kappa shape index (κ3) is 3.74. The molecule has 0 aromatic rings. The summed E-state index contributed by atoms with van der Waals surface area (Å²) in [6.07, 6.45) is 1.40. The Morgan fingerprint density at radius 1 is 1.19 bits per heavy atom. The third-order valence-electron chi connectivity index (χ3n) is 9.94. The van der Waals surface area contributed by atoms with Gasteiger partial charge in [-0.3, -0.25) is 9.59 Å². The summed E-state index contributed by atoms with van der Waals surface area (Å²) in [6.45, 7) is 6.03. The van der Waals surface area contributed by atoms with Gasteiger partial charge in [0.1, 0.15) is 12.8 Å². The zero-order chi connectivity index (χ0) is 27.4. The van der Waals surface area contributed by atoms with Crippen LogP contribution >= 0.6 is 0 Å². The van der Waals surface area contributed by atoms with Gasteiger partial charge in [-0.15, -0.1) is 0 Å². The van der Waals surface area contributed by atoms with Gasteiger partial charge in [-0.25, -0.2) is 13.6 Å². The number of Topliss-reactive ketones (excluding diaryl/α,β-unsaturated/α-hetero) is 1. The lowest BCUT2D eigenvalue weighted by atomic mass is 9.44. The van der Waals surface area contributed by atoms with Crippen LogP contribution in [0.5, 0.6) is 0 Å². The number of hydrogen-bond acceptors (Lipinski definition) is 7. The number of allylic oxidation sites excluding steroid dienone is 4. The van der Waals surface area contributed by atoms with Crippen LogP contribution in [0.2, 0.25) is 0 Å². The topological polar surface area (TPSA) is 110 Å². The minimum absolute atomic E-state index is 0.0112. The first kappa shape index (κ1) is 27.9. The summed E-state index contributed by atoms with van der Waals surface area (Å²) < 4.78 is 43.9. The number of aliphatic hydroxyl groups excluding tert-OH is 2. The van der Waals surface area contributed by atoms with Gasteiger partial charge in [0.2, 0.25) is 5.78 Å². The molecule has 0 unspecified atom stereocenters. The average Bonchev–Trinajstić information content (AvgIpc) is 3.06. The van der Waals surface area contributed by atoms with Gasteiger partial charge < -0.3 is 19.7 Å². The first-order valence-corrected chi connectivity index (χ1v) is 13.3. The fraction of sp³-hybridized carbons (Fsp3) is 0.750. The Morgan fingerprint density at radius 2 is 1.89 bits per heavy atom. The molecule has 7 nitrogen and oxygen atoms in total. The molecule has 0 amide bonds. The molecule has 3 saturated carbocycles. The summed E-state index contributed by atoms with van der Waals surface area (Å²) in [5, 5.41) is 21.4. The molecule has 0 aromatic carbocycles. The van der Waals surface area contributed by atoms with Crippen molar-refractivity contribution in [2.24, 2.45) is 28.6 Å². The Kier molecular flexibility index (Phi) is 7.21. The van der Waals surface area contributed by atoms with Crippen LogP contribution in [0.4, 0.5) is 13.6 Å². The summed E-state index contributed by atoms with van der Waals surface area (Å²) in [7, 11) is 0. The molecule has 0 radical (unpaired) electrons. The van der Waals surface area contributed by atoms with E-state index in [-0.39, 0.29) is 31.4 Å². The van der Waals surface area contributed by atoms with E-state index in [1.807, 2.05) is 6.92 Å². The standard InChI is InChI=1S/C28H38F2O7/c1-5-6-7-10-36-24(35)37-28(23(34)15-31)16(2)11-18-19-13-21(29)20-12-17(32)8-9-25(20,3)27(19,30)22(33)14-26(18,28)4/h8-9,12,16,18-19,21-22,31,33H,5-7,10-11,13-15H2,1-4H3/t16-,18+,19+,21+,22+,25+,26+,27+,28+/m1/s1. The number of ketones is 2. The quantitative estimate of drug-likeness (QED) is 0.380. The number of aliphatic hydroxyl groups is 2. The normalized spacial score (nSPS) is 44.4. The number of ether oxygens (including phenoxy) is 2. The van der Waals surface area contributed by atoms with Crippen molar-refractivity contribution in [2.75, 3.05) is 13.2 Å². The van der Waals surface area contributed by atoms with Crippen molar-refractivity contribution in [1.82, 2.24) is 0 Å². The number of hydrogen-bond donors (Lipinski definition) is 2. The Labute approximate surface area is 216 Å². The number of unbranched alkanes of at least 4 members (excludes halogenated alkanes) is 2. The molecular weight excluding hydrogens is 486 g/mol. The maximum atomic E-state index is 17.3. The van der Waals surface area contributed by atoms with Crippen LogP contribution in [0.15, 0.2) is 23.8 Å². The summed E-state index contributed by atoms with van der Waals surface area (Å²) >= 11 is 0.